The molecule has 0 saturated heterocycles. The van der Waals surface area contributed by atoms with E-state index in [1.807, 2.05) is 23.9 Å². The van der Waals surface area contributed by atoms with E-state index in [9.17, 15) is 0 Å². The molecule has 2 aromatic rings. The fourth-order valence-corrected chi connectivity index (χ4v) is 2.79. The molecule has 0 spiro atoms. The van der Waals surface area contributed by atoms with Crippen molar-refractivity contribution < 1.29 is 4.42 Å². The van der Waals surface area contributed by atoms with Gasteiger partial charge in [-0.1, -0.05) is 31.5 Å². The number of thioether (sulfide) groups is 1. The van der Waals surface area contributed by atoms with Gasteiger partial charge in [0.25, 0.3) is 0 Å². The summed E-state index contributed by atoms with van der Waals surface area (Å²) < 4.78 is 5.38. The molecule has 0 saturated carbocycles. The summed E-state index contributed by atoms with van der Waals surface area (Å²) in [5.74, 6) is 1.90. The number of aryl methyl sites for hydroxylation is 1. The highest BCUT2D eigenvalue weighted by Gasteiger charge is 2.06. The second kappa shape index (κ2) is 6.83. The highest BCUT2D eigenvalue weighted by Crippen LogP contribution is 2.27. The standard InChI is InChI=1S/C16H21NOS/c1-12(2)17-10-14-9-13(3)6-7-16(14)19-11-15-5-4-8-18-15/h4-9,12,17H,10-11H2,1-3H3. The summed E-state index contributed by atoms with van der Waals surface area (Å²) in [4.78, 5) is 1.33. The van der Waals surface area contributed by atoms with Gasteiger partial charge in [0.1, 0.15) is 5.76 Å². The van der Waals surface area contributed by atoms with Crippen molar-refractivity contribution in [1.82, 2.24) is 5.32 Å². The molecule has 102 valence electrons. The van der Waals surface area contributed by atoms with E-state index >= 15 is 0 Å². The van der Waals surface area contributed by atoms with Gasteiger partial charge in [-0.2, -0.15) is 0 Å². The lowest BCUT2D eigenvalue weighted by molar-refractivity contribution is 0.530. The van der Waals surface area contributed by atoms with Crippen molar-refractivity contribution in [3.8, 4) is 0 Å². The van der Waals surface area contributed by atoms with E-state index in [-0.39, 0.29) is 0 Å². The lowest BCUT2D eigenvalue weighted by atomic mass is 10.1. The van der Waals surface area contributed by atoms with Gasteiger partial charge in [-0.25, -0.2) is 0 Å². The molecule has 2 rings (SSSR count). The average molecular weight is 275 g/mol. The Hall–Kier alpha value is -1.19. The van der Waals surface area contributed by atoms with E-state index in [4.69, 9.17) is 4.42 Å². The van der Waals surface area contributed by atoms with Gasteiger partial charge in [-0.05, 0) is 30.7 Å². The minimum atomic E-state index is 0.503. The van der Waals surface area contributed by atoms with Gasteiger partial charge < -0.3 is 9.73 Å². The molecule has 1 aromatic heterocycles. The minimum Gasteiger partial charge on any atom is -0.468 e. The molecule has 19 heavy (non-hydrogen) atoms. The van der Waals surface area contributed by atoms with Crippen LogP contribution in [0.4, 0.5) is 0 Å². The van der Waals surface area contributed by atoms with Crippen molar-refractivity contribution in [3.05, 3.63) is 53.5 Å². The Morgan fingerprint density at radius 1 is 1.26 bits per heavy atom. The lowest BCUT2D eigenvalue weighted by Gasteiger charge is -2.13. The first-order valence-electron chi connectivity index (χ1n) is 6.63. The molecule has 0 aliphatic heterocycles. The second-order valence-corrected chi connectivity index (χ2v) is 6.03. The molecule has 0 amide bonds. The SMILES string of the molecule is Cc1ccc(SCc2ccco2)c(CNC(C)C)c1. The quantitative estimate of drug-likeness (QED) is 0.792. The maximum absolute atomic E-state index is 5.38. The summed E-state index contributed by atoms with van der Waals surface area (Å²) in [5.41, 5.74) is 2.67. The molecule has 1 aromatic carbocycles. The topological polar surface area (TPSA) is 25.2 Å². The molecule has 1 N–H and O–H groups in total. The average Bonchev–Trinajstić information content (AvgIpc) is 2.88. The zero-order valence-electron chi connectivity index (χ0n) is 11.8. The van der Waals surface area contributed by atoms with Gasteiger partial charge in [0, 0.05) is 17.5 Å². The molecule has 1 heterocycles. The fourth-order valence-electron chi connectivity index (χ4n) is 1.84. The largest absolute Gasteiger partial charge is 0.468 e. The molecule has 0 atom stereocenters. The van der Waals surface area contributed by atoms with Gasteiger partial charge in [0.15, 0.2) is 0 Å². The molecule has 0 fully saturated rings. The van der Waals surface area contributed by atoms with Crippen molar-refractivity contribution in [2.75, 3.05) is 0 Å². The molecular weight excluding hydrogens is 254 g/mol. The molecule has 3 heteroatoms. The van der Waals surface area contributed by atoms with E-state index in [1.54, 1.807) is 6.26 Å². The first-order valence-corrected chi connectivity index (χ1v) is 7.62. The Bertz CT molecular complexity index is 505. The number of furan rings is 1. The molecule has 0 radical (unpaired) electrons. The predicted molar refractivity (Wildman–Crippen MR) is 81.4 cm³/mol. The molecule has 2 nitrogen and oxygen atoms in total. The van der Waals surface area contributed by atoms with Crippen LogP contribution in [0, 0.1) is 6.92 Å². The summed E-state index contributed by atoms with van der Waals surface area (Å²) >= 11 is 1.83. The monoisotopic (exact) mass is 275 g/mol. The summed E-state index contributed by atoms with van der Waals surface area (Å²) in [6.45, 7) is 7.40. The summed E-state index contributed by atoms with van der Waals surface area (Å²) in [7, 11) is 0. The van der Waals surface area contributed by atoms with Crippen molar-refractivity contribution in [3.63, 3.8) is 0 Å². The number of rotatable bonds is 6. The number of nitrogens with one attached hydrogen (secondary N) is 1. The van der Waals surface area contributed by atoms with E-state index in [2.05, 4.69) is 44.3 Å². The third kappa shape index (κ3) is 4.44. The Morgan fingerprint density at radius 3 is 2.79 bits per heavy atom. The predicted octanol–water partition coefficient (Wildman–Crippen LogP) is 4.38. The zero-order valence-corrected chi connectivity index (χ0v) is 12.6. The Kier molecular flexibility index (Phi) is 5.11. The van der Waals surface area contributed by atoms with Crippen molar-refractivity contribution >= 4 is 11.8 Å². The first-order chi connectivity index (χ1) is 9.15. The minimum absolute atomic E-state index is 0.503. The van der Waals surface area contributed by atoms with Gasteiger partial charge in [-0.3, -0.25) is 0 Å². The van der Waals surface area contributed by atoms with Crippen LogP contribution in [-0.2, 0) is 12.3 Å². The first kappa shape index (κ1) is 14.2. The van der Waals surface area contributed by atoms with Crippen LogP contribution in [0.3, 0.4) is 0 Å². The van der Waals surface area contributed by atoms with Crippen LogP contribution in [0.5, 0.6) is 0 Å². The highest BCUT2D eigenvalue weighted by atomic mass is 32.2. The van der Waals surface area contributed by atoms with Crippen LogP contribution in [0.2, 0.25) is 0 Å². The Balaban J connectivity index is 2.05. The Morgan fingerprint density at radius 2 is 2.11 bits per heavy atom. The van der Waals surface area contributed by atoms with Gasteiger partial charge in [0.05, 0.1) is 12.0 Å². The van der Waals surface area contributed by atoms with E-state index < -0.39 is 0 Å². The van der Waals surface area contributed by atoms with E-state index in [0.29, 0.717) is 6.04 Å². The number of hydrogen-bond acceptors (Lipinski definition) is 3. The summed E-state index contributed by atoms with van der Waals surface area (Å²) in [6, 6.07) is 11.1. The highest BCUT2D eigenvalue weighted by molar-refractivity contribution is 7.98. The maximum Gasteiger partial charge on any atom is 0.113 e. The molecular formula is C16H21NOS. The smallest absolute Gasteiger partial charge is 0.113 e. The summed E-state index contributed by atoms with van der Waals surface area (Å²) in [5, 5.41) is 3.49. The van der Waals surface area contributed by atoms with Crippen LogP contribution >= 0.6 is 11.8 Å². The molecule has 0 unspecified atom stereocenters. The number of benzene rings is 1. The second-order valence-electron chi connectivity index (χ2n) is 5.01. The van der Waals surface area contributed by atoms with Crippen LogP contribution in [0.25, 0.3) is 0 Å². The van der Waals surface area contributed by atoms with Crippen LogP contribution in [-0.4, -0.2) is 6.04 Å². The van der Waals surface area contributed by atoms with Crippen molar-refractivity contribution in [2.24, 2.45) is 0 Å². The van der Waals surface area contributed by atoms with Crippen LogP contribution in [0.15, 0.2) is 45.9 Å². The van der Waals surface area contributed by atoms with Gasteiger partial charge >= 0.3 is 0 Å². The molecule has 0 aliphatic rings. The third-order valence-corrected chi connectivity index (χ3v) is 4.00. The van der Waals surface area contributed by atoms with Gasteiger partial charge in [0.2, 0.25) is 0 Å². The lowest BCUT2D eigenvalue weighted by Crippen LogP contribution is -2.22. The van der Waals surface area contributed by atoms with Gasteiger partial charge in [-0.15, -0.1) is 11.8 Å². The third-order valence-electron chi connectivity index (χ3n) is 2.87. The van der Waals surface area contributed by atoms with Crippen molar-refractivity contribution in [1.29, 1.82) is 0 Å². The molecule has 0 aliphatic carbocycles. The van der Waals surface area contributed by atoms with E-state index in [1.165, 1.54) is 16.0 Å². The Labute approximate surface area is 119 Å². The molecule has 0 bridgehead atoms. The summed E-state index contributed by atoms with van der Waals surface area (Å²) in [6.07, 6.45) is 1.73. The fraction of sp³-hybridized carbons (Fsp3) is 0.375. The normalized spacial score (nSPS) is 11.2. The zero-order chi connectivity index (χ0) is 13.7. The number of hydrogen-bond donors (Lipinski definition) is 1. The van der Waals surface area contributed by atoms with Crippen LogP contribution in [0.1, 0.15) is 30.7 Å². The van der Waals surface area contributed by atoms with Crippen LogP contribution < -0.4 is 5.32 Å². The van der Waals surface area contributed by atoms with E-state index in [0.717, 1.165) is 18.1 Å². The maximum atomic E-state index is 5.38. The van der Waals surface area contributed by atoms with Crippen molar-refractivity contribution in [2.45, 2.75) is 44.0 Å².